The maximum atomic E-state index is 14.5. The number of aliphatic hydroxyl groups is 12. The Hall–Kier alpha value is -3.87. The molecule has 0 radical (unpaired) electrons. The van der Waals surface area contributed by atoms with Gasteiger partial charge in [0.2, 0.25) is 0 Å². The predicted octanol–water partition coefficient (Wildman–Crippen LogP) is 0.311. The van der Waals surface area contributed by atoms with Gasteiger partial charge in [-0.1, -0.05) is 112 Å². The minimum absolute atomic E-state index is 0.0602. The summed E-state index contributed by atoms with van der Waals surface area (Å²) >= 11 is 0. The Bertz CT molecular complexity index is 2710. The molecule has 0 spiro atoms. The van der Waals surface area contributed by atoms with Gasteiger partial charge in [0.05, 0.1) is 62.5 Å². The van der Waals surface area contributed by atoms with E-state index in [0.29, 0.717) is 38.5 Å². The molecule has 612 valence electrons. The van der Waals surface area contributed by atoms with Crippen LogP contribution in [0.25, 0.3) is 0 Å². The van der Waals surface area contributed by atoms with Crippen molar-refractivity contribution in [2.24, 2.45) is 17.8 Å². The van der Waals surface area contributed by atoms with Gasteiger partial charge < -0.3 is 142 Å². The highest BCUT2D eigenvalue weighted by Gasteiger charge is 2.61. The molecule has 4 bridgehead atoms. The van der Waals surface area contributed by atoms with E-state index in [4.69, 9.17) is 80.5 Å². The van der Waals surface area contributed by atoms with Crippen LogP contribution in [-0.2, 0) is 104 Å². The number of carbonyl (C=O) groups excluding carboxylic acids is 5. The van der Waals surface area contributed by atoms with E-state index in [1.807, 2.05) is 6.92 Å². The molecule has 7 saturated heterocycles. The van der Waals surface area contributed by atoms with E-state index >= 15 is 0 Å². The standard InChI is InChI=1S/C72H120O34/c1-12-17-23-26-39-27-24-21-19-18-20-22-25-28-44(76)98-58-51(83)47(79)41(30-74)95-69(58)90-32-43-55(100-64(87)34(7)14-3)57(101-65(88)35(8)15-4)53(85)68(97-43)103-56-48(80)42(31-75)96-72(104-59-50(82)45(77)37(10)91-70(59)93-39)61(56)106-71-62(102-66(89)36(9)16-5)60(54(38(11)92-71)99-63(86)33(6)13-2)105-67-52(84)49(81)46(78)40(29-73)94-67/h13,34-43,45-62,67-75,77-85H,12,14-32H2,1-11H3/b33-13-/t34-,35-,36-,37+,38-,39-,40+,41+,42+,43+,45+,46+,47+,48+,49-,50-,51-,52+,53+,54-,55+,56-,57+,58+,59+,60+,61+,62+,67-,68-,69+,70-,71-,72-/m0/s1. The number of rotatable bonds is 22. The Labute approximate surface area is 618 Å². The average molecular weight is 1530 g/mol. The van der Waals surface area contributed by atoms with Crippen molar-refractivity contribution in [1.29, 1.82) is 0 Å². The summed E-state index contributed by atoms with van der Waals surface area (Å²) in [5.74, 6) is -7.25. The van der Waals surface area contributed by atoms with Crippen molar-refractivity contribution in [2.75, 3.05) is 26.4 Å². The molecule has 12 N–H and O–H groups in total. The van der Waals surface area contributed by atoms with Gasteiger partial charge in [0.1, 0.15) is 104 Å². The Morgan fingerprint density at radius 2 is 1.01 bits per heavy atom. The first kappa shape index (κ1) is 89.3. The fraction of sp³-hybridized carbons (Fsp3) is 0.903. The van der Waals surface area contributed by atoms with Gasteiger partial charge in [-0.05, 0) is 66.2 Å². The highest BCUT2D eigenvalue weighted by molar-refractivity contribution is 5.87. The molecule has 34 nitrogen and oxygen atoms in total. The molecule has 0 unspecified atom stereocenters. The first-order chi connectivity index (χ1) is 50.5. The van der Waals surface area contributed by atoms with E-state index in [2.05, 4.69) is 0 Å². The number of aliphatic hydroxyl groups excluding tert-OH is 12. The van der Waals surface area contributed by atoms with E-state index in [1.54, 1.807) is 27.7 Å². The molecule has 34 atom stereocenters. The third-order valence-electron chi connectivity index (χ3n) is 21.1. The summed E-state index contributed by atoms with van der Waals surface area (Å²) in [6.07, 6.45) is -47.7. The maximum Gasteiger partial charge on any atom is 0.333 e. The normalized spacial score (nSPS) is 41.7. The summed E-state index contributed by atoms with van der Waals surface area (Å²) in [6, 6.07) is 0. The van der Waals surface area contributed by atoms with Gasteiger partial charge in [0.15, 0.2) is 68.3 Å². The van der Waals surface area contributed by atoms with E-state index in [-0.39, 0.29) is 31.3 Å². The van der Waals surface area contributed by atoms with Crippen LogP contribution in [0.15, 0.2) is 11.6 Å². The molecule has 7 fully saturated rings. The van der Waals surface area contributed by atoms with Gasteiger partial charge in [0.25, 0.3) is 0 Å². The SMILES string of the molecule is C/C=C(/C)C(=O)O[C@@H]1[C@@H](O[C@@H]2O[C@H](CO)[C@@H](O)[C@H](O)[C@H]2O)[C@@H](OC(=O)[C@@H](C)CC)[C@H](O[C@H]2[C@@H]3O[C@H]4[C@H](O[C@@H](CCCCC)CCCCCCCCCC(=O)O[C@H]5[C@H](OC[C@H]6O[C@@H](O[C@H]2[C@H](O)[C@@H](CO)O3)[C@H](O)[C@@H](OC(=O)[C@@H](C)CC)[C@@H]6OC(=O)[C@@H](C)CC)O[C@H](CO)[C@@H](O)[C@@H]5O)O[C@H](C)[C@@H](O)[C@@H]4O)O[C@H]1C. The molecule has 0 aromatic rings. The molecule has 0 saturated carbocycles. The predicted molar refractivity (Wildman–Crippen MR) is 362 cm³/mol. The number of hydrogen-bond donors (Lipinski definition) is 12. The smallest absolute Gasteiger partial charge is 0.333 e. The number of carbonyl (C=O) groups is 5. The van der Waals surface area contributed by atoms with Crippen molar-refractivity contribution in [2.45, 2.75) is 369 Å². The van der Waals surface area contributed by atoms with Crippen LogP contribution in [-0.4, -0.2) is 308 Å². The first-order valence-corrected chi connectivity index (χ1v) is 37.9. The highest BCUT2D eigenvalue weighted by atomic mass is 16.8. The molecule has 0 aliphatic carbocycles. The number of allylic oxidation sites excluding steroid dienone is 1. The van der Waals surface area contributed by atoms with Crippen molar-refractivity contribution in [3.05, 3.63) is 11.6 Å². The zero-order valence-electron chi connectivity index (χ0n) is 62.7. The minimum atomic E-state index is -2.30. The van der Waals surface area contributed by atoms with Crippen molar-refractivity contribution in [1.82, 2.24) is 0 Å². The molecule has 0 amide bonds. The number of fused-ring (bicyclic) bond motifs is 6. The zero-order chi connectivity index (χ0) is 78.0. The second-order valence-corrected chi connectivity index (χ2v) is 29.0. The lowest BCUT2D eigenvalue weighted by molar-refractivity contribution is -0.414. The lowest BCUT2D eigenvalue weighted by Crippen LogP contribution is -2.69. The van der Waals surface area contributed by atoms with Crippen LogP contribution >= 0.6 is 0 Å². The maximum absolute atomic E-state index is 14.5. The largest absolute Gasteiger partial charge is 0.455 e. The molecule has 106 heavy (non-hydrogen) atoms. The number of ether oxygens (including phenoxy) is 17. The monoisotopic (exact) mass is 1530 g/mol. The minimum Gasteiger partial charge on any atom is -0.455 e. The zero-order valence-corrected chi connectivity index (χ0v) is 62.7. The summed E-state index contributed by atoms with van der Waals surface area (Å²) in [7, 11) is 0. The van der Waals surface area contributed by atoms with Crippen LogP contribution in [0.1, 0.15) is 179 Å². The van der Waals surface area contributed by atoms with Crippen LogP contribution in [0.5, 0.6) is 0 Å². The van der Waals surface area contributed by atoms with Crippen LogP contribution in [0.3, 0.4) is 0 Å². The fourth-order valence-corrected chi connectivity index (χ4v) is 13.4. The summed E-state index contributed by atoms with van der Waals surface area (Å²) < 4.78 is 108. The second-order valence-electron chi connectivity index (χ2n) is 29.0. The van der Waals surface area contributed by atoms with Gasteiger partial charge in [-0.3, -0.25) is 19.2 Å². The Kier molecular flexibility index (Phi) is 36.0. The van der Waals surface area contributed by atoms with Gasteiger partial charge in [-0.15, -0.1) is 0 Å². The van der Waals surface area contributed by atoms with E-state index in [0.717, 1.165) is 38.5 Å². The van der Waals surface area contributed by atoms with Gasteiger partial charge in [0, 0.05) is 12.0 Å². The Balaban J connectivity index is 1.46. The van der Waals surface area contributed by atoms with Gasteiger partial charge in [-0.2, -0.15) is 0 Å². The molecule has 0 aromatic heterocycles. The van der Waals surface area contributed by atoms with Gasteiger partial charge >= 0.3 is 29.8 Å². The van der Waals surface area contributed by atoms with Crippen LogP contribution in [0.4, 0.5) is 0 Å². The second kappa shape index (κ2) is 42.7. The Morgan fingerprint density at radius 3 is 1.61 bits per heavy atom. The molecular formula is C72H120O34. The van der Waals surface area contributed by atoms with E-state index in [1.165, 1.54) is 47.6 Å². The topological polar surface area (TPSA) is 485 Å². The third kappa shape index (κ3) is 22.7. The summed E-state index contributed by atoms with van der Waals surface area (Å²) in [4.78, 5) is 70.5. The molecule has 7 aliphatic heterocycles. The van der Waals surface area contributed by atoms with Crippen molar-refractivity contribution in [3.8, 4) is 0 Å². The number of esters is 5. The molecule has 7 aliphatic rings. The fourth-order valence-electron chi connectivity index (χ4n) is 13.4. The molecular weight excluding hydrogens is 1410 g/mol. The van der Waals surface area contributed by atoms with Crippen molar-refractivity contribution >= 4 is 29.8 Å². The lowest BCUT2D eigenvalue weighted by atomic mass is 9.94. The average Bonchev–Trinajstić information content (AvgIpc) is 0.759. The third-order valence-corrected chi connectivity index (χ3v) is 21.1. The highest BCUT2D eigenvalue weighted by Crippen LogP contribution is 2.41. The summed E-state index contributed by atoms with van der Waals surface area (Å²) in [5, 5.41) is 138. The van der Waals surface area contributed by atoms with Crippen LogP contribution in [0.2, 0.25) is 0 Å². The van der Waals surface area contributed by atoms with Crippen molar-refractivity contribution in [3.63, 3.8) is 0 Å². The number of unbranched alkanes of at least 4 members (excludes halogenated alkanes) is 2. The first-order valence-electron chi connectivity index (χ1n) is 37.9. The van der Waals surface area contributed by atoms with E-state index in [9.17, 15) is 85.3 Å². The molecule has 34 heteroatoms. The van der Waals surface area contributed by atoms with Crippen molar-refractivity contribution < 1.29 is 166 Å². The summed E-state index contributed by atoms with van der Waals surface area (Å²) in [6.45, 7) is 13.7. The lowest BCUT2D eigenvalue weighted by Gasteiger charge is -2.52. The van der Waals surface area contributed by atoms with Crippen LogP contribution < -0.4 is 0 Å². The van der Waals surface area contributed by atoms with Gasteiger partial charge in [-0.25, -0.2) is 4.79 Å². The van der Waals surface area contributed by atoms with Crippen LogP contribution in [0, 0.1) is 17.8 Å². The number of hydrogen-bond acceptors (Lipinski definition) is 34. The van der Waals surface area contributed by atoms with E-state index < -0.39 is 264 Å². The molecule has 7 rings (SSSR count). The Morgan fingerprint density at radius 1 is 0.472 bits per heavy atom. The molecule has 7 heterocycles. The molecule has 0 aromatic carbocycles. The summed E-state index contributed by atoms with van der Waals surface area (Å²) in [5.41, 5.74) is 0.0602. The quantitative estimate of drug-likeness (QED) is 0.0300.